The number of carboxylic acid groups (broad SMARTS) is 1. The van der Waals surface area contributed by atoms with Crippen LogP contribution in [0.2, 0.25) is 0 Å². The Labute approximate surface area is 98.6 Å². The molecule has 0 saturated carbocycles. The van der Waals surface area contributed by atoms with E-state index in [4.69, 9.17) is 9.84 Å². The summed E-state index contributed by atoms with van der Waals surface area (Å²) in [7, 11) is 0. The van der Waals surface area contributed by atoms with Gasteiger partial charge in [0, 0.05) is 13.2 Å². The molecule has 0 aromatic heterocycles. The van der Waals surface area contributed by atoms with E-state index < -0.39 is 5.97 Å². The minimum absolute atomic E-state index is 0.112. The molecule has 0 heterocycles. The van der Waals surface area contributed by atoms with Crippen molar-refractivity contribution in [2.45, 2.75) is 33.6 Å². The highest BCUT2D eigenvalue weighted by Gasteiger charge is 2.07. The van der Waals surface area contributed by atoms with Crippen molar-refractivity contribution in [2.75, 3.05) is 32.8 Å². The molecule has 0 aromatic carbocycles. The van der Waals surface area contributed by atoms with Crippen LogP contribution in [-0.4, -0.2) is 48.8 Å². The molecule has 0 radical (unpaired) electrons. The summed E-state index contributed by atoms with van der Waals surface area (Å²) in [6.45, 7) is 9.41. The highest BCUT2D eigenvalue weighted by atomic mass is 16.5. The number of ether oxygens (including phenoxy) is 1. The molecule has 0 amide bonds. The van der Waals surface area contributed by atoms with Crippen LogP contribution in [0.1, 0.15) is 33.6 Å². The Morgan fingerprint density at radius 3 is 2.50 bits per heavy atom. The predicted molar refractivity (Wildman–Crippen MR) is 64.6 cm³/mol. The van der Waals surface area contributed by atoms with Crippen LogP contribution < -0.4 is 0 Å². The van der Waals surface area contributed by atoms with Crippen molar-refractivity contribution in [2.24, 2.45) is 5.92 Å². The third kappa shape index (κ3) is 9.93. The van der Waals surface area contributed by atoms with Crippen LogP contribution in [0.4, 0.5) is 0 Å². The van der Waals surface area contributed by atoms with Gasteiger partial charge in [-0.1, -0.05) is 20.8 Å². The molecular formula is C12H25NO3. The van der Waals surface area contributed by atoms with E-state index in [1.165, 1.54) is 0 Å². The summed E-state index contributed by atoms with van der Waals surface area (Å²) in [5, 5.41) is 8.70. The summed E-state index contributed by atoms with van der Waals surface area (Å²) in [5.74, 6) is -0.110. The molecular weight excluding hydrogens is 206 g/mol. The summed E-state index contributed by atoms with van der Waals surface area (Å²) in [6, 6.07) is 0. The molecule has 1 N–H and O–H groups in total. The first-order valence-corrected chi connectivity index (χ1v) is 6.08. The third-order valence-corrected chi connectivity index (χ3v) is 2.29. The van der Waals surface area contributed by atoms with E-state index in [1.807, 2.05) is 4.90 Å². The number of rotatable bonds is 10. The van der Waals surface area contributed by atoms with Gasteiger partial charge < -0.3 is 9.84 Å². The van der Waals surface area contributed by atoms with E-state index in [9.17, 15) is 4.79 Å². The Balaban J connectivity index is 3.55. The second-order valence-corrected chi connectivity index (χ2v) is 4.46. The normalized spacial score (nSPS) is 11.3. The Morgan fingerprint density at radius 2 is 2.00 bits per heavy atom. The van der Waals surface area contributed by atoms with Crippen LogP contribution in [-0.2, 0) is 9.53 Å². The molecule has 16 heavy (non-hydrogen) atoms. The van der Waals surface area contributed by atoms with Crippen molar-refractivity contribution in [1.29, 1.82) is 0 Å². The minimum Gasteiger partial charge on any atom is -0.480 e. The zero-order valence-electron chi connectivity index (χ0n) is 10.7. The molecule has 0 aliphatic heterocycles. The smallest absolute Gasteiger partial charge is 0.317 e. The molecule has 4 heteroatoms. The van der Waals surface area contributed by atoms with Gasteiger partial charge in [-0.3, -0.25) is 9.69 Å². The number of hydrogen-bond donors (Lipinski definition) is 1. The van der Waals surface area contributed by atoms with Gasteiger partial charge in [0.1, 0.15) is 0 Å². The Hall–Kier alpha value is -0.610. The highest BCUT2D eigenvalue weighted by Crippen LogP contribution is 1.99. The van der Waals surface area contributed by atoms with Gasteiger partial charge in [-0.05, 0) is 25.3 Å². The van der Waals surface area contributed by atoms with Crippen molar-refractivity contribution in [3.8, 4) is 0 Å². The molecule has 0 aromatic rings. The lowest BCUT2D eigenvalue weighted by Gasteiger charge is -2.19. The first-order valence-electron chi connectivity index (χ1n) is 6.08. The van der Waals surface area contributed by atoms with E-state index in [2.05, 4.69) is 20.8 Å². The molecule has 0 aliphatic carbocycles. The van der Waals surface area contributed by atoms with Gasteiger partial charge in [-0.15, -0.1) is 0 Å². The summed E-state index contributed by atoms with van der Waals surface area (Å²) in [4.78, 5) is 12.5. The van der Waals surface area contributed by atoms with Crippen molar-refractivity contribution in [3.63, 3.8) is 0 Å². The van der Waals surface area contributed by atoms with E-state index in [0.717, 1.165) is 26.0 Å². The number of aliphatic carboxylic acids is 1. The van der Waals surface area contributed by atoms with Crippen LogP contribution >= 0.6 is 0 Å². The summed E-state index contributed by atoms with van der Waals surface area (Å²) >= 11 is 0. The van der Waals surface area contributed by atoms with Gasteiger partial charge in [0.2, 0.25) is 0 Å². The molecule has 4 nitrogen and oxygen atoms in total. The first-order chi connectivity index (χ1) is 7.56. The third-order valence-electron chi connectivity index (χ3n) is 2.29. The van der Waals surface area contributed by atoms with Crippen LogP contribution in [0.25, 0.3) is 0 Å². The average molecular weight is 231 g/mol. The van der Waals surface area contributed by atoms with E-state index in [1.54, 1.807) is 0 Å². The van der Waals surface area contributed by atoms with Crippen LogP contribution in [0.3, 0.4) is 0 Å². The average Bonchev–Trinajstić information content (AvgIpc) is 2.16. The maximum absolute atomic E-state index is 10.6. The van der Waals surface area contributed by atoms with Crippen molar-refractivity contribution in [3.05, 3.63) is 0 Å². The van der Waals surface area contributed by atoms with Gasteiger partial charge in [0.15, 0.2) is 0 Å². The molecule has 0 aliphatic rings. The lowest BCUT2D eigenvalue weighted by atomic mass is 10.1. The number of nitrogens with zero attached hydrogens (tertiary/aromatic N) is 1. The lowest BCUT2D eigenvalue weighted by Crippen LogP contribution is -2.33. The molecule has 0 fully saturated rings. The summed E-state index contributed by atoms with van der Waals surface area (Å²) < 4.78 is 5.47. The van der Waals surface area contributed by atoms with Crippen molar-refractivity contribution in [1.82, 2.24) is 4.90 Å². The van der Waals surface area contributed by atoms with E-state index >= 15 is 0 Å². The Kier molecular flexibility index (Phi) is 9.24. The molecule has 0 bridgehead atoms. The standard InChI is InChI=1S/C12H25NO3/c1-4-6-13(10-12(14)15)7-9-16-8-5-11(2)3/h11H,4-10H2,1-3H3,(H,14,15). The Bertz CT molecular complexity index is 183. The number of carboxylic acids is 1. The second kappa shape index (κ2) is 9.60. The SMILES string of the molecule is CCCN(CCOCCC(C)C)CC(=O)O. The van der Waals surface area contributed by atoms with Gasteiger partial charge in [-0.25, -0.2) is 0 Å². The highest BCUT2D eigenvalue weighted by molar-refractivity contribution is 5.69. The van der Waals surface area contributed by atoms with E-state index in [-0.39, 0.29) is 6.54 Å². The first kappa shape index (κ1) is 15.4. The molecule has 0 spiro atoms. The van der Waals surface area contributed by atoms with Crippen LogP contribution in [0.5, 0.6) is 0 Å². The summed E-state index contributed by atoms with van der Waals surface area (Å²) in [5.41, 5.74) is 0. The zero-order chi connectivity index (χ0) is 12.4. The monoisotopic (exact) mass is 231 g/mol. The van der Waals surface area contributed by atoms with Gasteiger partial charge in [0.25, 0.3) is 0 Å². The molecule has 96 valence electrons. The van der Waals surface area contributed by atoms with E-state index in [0.29, 0.717) is 19.1 Å². The molecule has 0 saturated heterocycles. The van der Waals surface area contributed by atoms with Crippen molar-refractivity contribution >= 4 is 5.97 Å². The van der Waals surface area contributed by atoms with Gasteiger partial charge in [0.05, 0.1) is 13.2 Å². The van der Waals surface area contributed by atoms with Crippen molar-refractivity contribution < 1.29 is 14.6 Å². The fourth-order valence-corrected chi connectivity index (χ4v) is 1.39. The predicted octanol–water partition coefficient (Wildman–Crippen LogP) is 1.85. The quantitative estimate of drug-likeness (QED) is 0.583. The van der Waals surface area contributed by atoms with Gasteiger partial charge >= 0.3 is 5.97 Å². The Morgan fingerprint density at radius 1 is 1.31 bits per heavy atom. The second-order valence-electron chi connectivity index (χ2n) is 4.46. The minimum atomic E-state index is -0.768. The maximum atomic E-state index is 10.6. The molecule has 0 rings (SSSR count). The molecule has 0 unspecified atom stereocenters. The number of hydrogen-bond acceptors (Lipinski definition) is 3. The maximum Gasteiger partial charge on any atom is 0.317 e. The topological polar surface area (TPSA) is 49.8 Å². The number of carbonyl (C=O) groups is 1. The molecule has 0 atom stereocenters. The fourth-order valence-electron chi connectivity index (χ4n) is 1.39. The largest absolute Gasteiger partial charge is 0.480 e. The summed E-state index contributed by atoms with van der Waals surface area (Å²) in [6.07, 6.45) is 2.03. The zero-order valence-corrected chi connectivity index (χ0v) is 10.7. The lowest BCUT2D eigenvalue weighted by molar-refractivity contribution is -0.138. The van der Waals surface area contributed by atoms with Gasteiger partial charge in [-0.2, -0.15) is 0 Å². The van der Waals surface area contributed by atoms with Crippen LogP contribution in [0, 0.1) is 5.92 Å². The fraction of sp³-hybridized carbons (Fsp3) is 0.917. The van der Waals surface area contributed by atoms with Crippen LogP contribution in [0.15, 0.2) is 0 Å².